The Morgan fingerprint density at radius 2 is 1.96 bits per heavy atom. The summed E-state index contributed by atoms with van der Waals surface area (Å²) < 4.78 is 41.3. The molecule has 0 bridgehead atoms. The third kappa shape index (κ3) is 3.83. The van der Waals surface area contributed by atoms with E-state index in [9.17, 15) is 17.6 Å². The Hall–Kier alpha value is -3.18. The summed E-state index contributed by atoms with van der Waals surface area (Å²) in [6.07, 6.45) is 1.43. The maximum Gasteiger partial charge on any atom is 0.258 e. The zero-order valence-corrected chi connectivity index (χ0v) is 15.2. The number of carbonyl (C=O) groups excluding carboxylic acids is 1. The fourth-order valence-corrected chi connectivity index (χ4v) is 3.18. The first kappa shape index (κ1) is 18.6. The molecule has 1 aromatic heterocycles. The van der Waals surface area contributed by atoms with Gasteiger partial charge in [-0.1, -0.05) is 0 Å². The average molecular weight is 390 g/mol. The van der Waals surface area contributed by atoms with Gasteiger partial charge in [-0.2, -0.15) is 0 Å². The van der Waals surface area contributed by atoms with Gasteiger partial charge in [-0.25, -0.2) is 22.2 Å². The van der Waals surface area contributed by atoms with Gasteiger partial charge >= 0.3 is 0 Å². The number of rotatable bonds is 5. The molecule has 0 spiro atoms. The second kappa shape index (κ2) is 7.21. The van der Waals surface area contributed by atoms with E-state index >= 15 is 0 Å². The summed E-state index contributed by atoms with van der Waals surface area (Å²) >= 11 is 0. The normalized spacial score (nSPS) is 11.4. The van der Waals surface area contributed by atoms with Gasteiger partial charge in [0.1, 0.15) is 12.1 Å². The predicted molar refractivity (Wildman–Crippen MR) is 94.5 cm³/mol. The highest BCUT2D eigenvalue weighted by Gasteiger charge is 2.18. The van der Waals surface area contributed by atoms with E-state index in [4.69, 9.17) is 0 Å². The molecule has 1 heterocycles. The number of amides is 1. The molecular formula is C16H15FN6O3S. The third-order valence-electron chi connectivity index (χ3n) is 3.81. The molecule has 0 radical (unpaired) electrons. The van der Waals surface area contributed by atoms with Crippen LogP contribution in [0, 0.1) is 12.7 Å². The van der Waals surface area contributed by atoms with Gasteiger partial charge in [-0.15, -0.1) is 5.10 Å². The van der Waals surface area contributed by atoms with Crippen LogP contribution in [0.2, 0.25) is 0 Å². The molecule has 27 heavy (non-hydrogen) atoms. The highest BCUT2D eigenvalue weighted by atomic mass is 32.2. The molecule has 0 saturated heterocycles. The van der Waals surface area contributed by atoms with Crippen LogP contribution in [0.1, 0.15) is 15.9 Å². The highest BCUT2D eigenvalue weighted by Crippen LogP contribution is 2.20. The number of benzene rings is 2. The van der Waals surface area contributed by atoms with Crippen LogP contribution < -0.4 is 10.0 Å². The fourth-order valence-electron chi connectivity index (χ4n) is 2.42. The number of carbonyl (C=O) groups is 1. The van der Waals surface area contributed by atoms with Crippen LogP contribution in [-0.4, -0.2) is 41.6 Å². The van der Waals surface area contributed by atoms with Crippen LogP contribution in [0.3, 0.4) is 0 Å². The maximum atomic E-state index is 14.0. The summed E-state index contributed by atoms with van der Waals surface area (Å²) in [6, 6.07) is 7.97. The average Bonchev–Trinajstić information content (AvgIpc) is 3.16. The van der Waals surface area contributed by atoms with Crippen LogP contribution in [-0.2, 0) is 10.0 Å². The zero-order chi connectivity index (χ0) is 19.6. The molecule has 0 aliphatic heterocycles. The monoisotopic (exact) mass is 390 g/mol. The van der Waals surface area contributed by atoms with E-state index in [0.29, 0.717) is 11.4 Å². The van der Waals surface area contributed by atoms with Crippen molar-refractivity contribution in [1.29, 1.82) is 0 Å². The van der Waals surface area contributed by atoms with Crippen LogP contribution >= 0.6 is 0 Å². The van der Waals surface area contributed by atoms with Crippen LogP contribution in [0.15, 0.2) is 47.6 Å². The molecule has 3 rings (SSSR count). The molecule has 2 N–H and O–H groups in total. The Labute approximate surface area is 154 Å². The summed E-state index contributed by atoms with van der Waals surface area (Å²) in [7, 11) is -2.57. The highest BCUT2D eigenvalue weighted by molar-refractivity contribution is 7.89. The van der Waals surface area contributed by atoms with Gasteiger partial charge in [0.25, 0.3) is 5.91 Å². The number of anilines is 1. The topological polar surface area (TPSA) is 119 Å². The first-order valence-electron chi connectivity index (χ1n) is 7.70. The minimum Gasteiger partial charge on any atom is -0.322 e. The molecule has 0 aliphatic carbocycles. The zero-order valence-electron chi connectivity index (χ0n) is 14.3. The van der Waals surface area contributed by atoms with Gasteiger partial charge in [0, 0.05) is 5.69 Å². The number of tetrazole rings is 1. The number of aromatic nitrogens is 4. The molecular weight excluding hydrogens is 375 g/mol. The van der Waals surface area contributed by atoms with Crippen LogP contribution in [0.5, 0.6) is 0 Å². The summed E-state index contributed by atoms with van der Waals surface area (Å²) in [5.74, 6) is -1.60. The lowest BCUT2D eigenvalue weighted by Crippen LogP contribution is -2.20. The molecule has 2 aromatic carbocycles. The Bertz CT molecular complexity index is 1100. The minimum atomic E-state index is -3.80. The minimum absolute atomic E-state index is 0.207. The Morgan fingerprint density at radius 1 is 1.19 bits per heavy atom. The van der Waals surface area contributed by atoms with E-state index in [2.05, 4.69) is 25.6 Å². The number of halogens is 1. The second-order valence-electron chi connectivity index (χ2n) is 5.56. The molecule has 9 nitrogen and oxygen atoms in total. The van der Waals surface area contributed by atoms with Crippen molar-refractivity contribution in [1.82, 2.24) is 24.9 Å². The molecule has 0 fully saturated rings. The number of nitrogens with one attached hydrogen (secondary N) is 2. The molecule has 3 aromatic rings. The third-order valence-corrected chi connectivity index (χ3v) is 5.22. The number of hydrogen-bond acceptors (Lipinski definition) is 6. The number of hydrogen-bond donors (Lipinski definition) is 2. The maximum absolute atomic E-state index is 14.0. The number of aryl methyl sites for hydroxylation is 1. The van der Waals surface area contributed by atoms with Crippen molar-refractivity contribution in [2.75, 3.05) is 12.4 Å². The van der Waals surface area contributed by atoms with Crippen molar-refractivity contribution < 1.29 is 17.6 Å². The lowest BCUT2D eigenvalue weighted by atomic mass is 10.1. The molecule has 1 amide bonds. The first-order valence-corrected chi connectivity index (χ1v) is 9.18. The van der Waals surface area contributed by atoms with E-state index in [1.165, 1.54) is 18.1 Å². The van der Waals surface area contributed by atoms with Crippen LogP contribution in [0.4, 0.5) is 10.1 Å². The van der Waals surface area contributed by atoms with E-state index in [1.54, 1.807) is 25.1 Å². The van der Waals surface area contributed by atoms with Gasteiger partial charge in [-0.05, 0) is 66.4 Å². The molecule has 11 heteroatoms. The lowest BCUT2D eigenvalue weighted by Gasteiger charge is -2.11. The smallest absolute Gasteiger partial charge is 0.258 e. The fraction of sp³-hybridized carbons (Fsp3) is 0.125. The SMILES string of the molecule is CNS(=O)(=O)c1ccc(F)c(C(=O)Nc2ccc(-n3cnnn3)c(C)c2)c1. The van der Waals surface area contributed by atoms with Crippen molar-refractivity contribution >= 4 is 21.6 Å². The predicted octanol–water partition coefficient (Wildman–Crippen LogP) is 1.27. The number of sulfonamides is 1. The molecule has 140 valence electrons. The van der Waals surface area contributed by atoms with E-state index < -0.39 is 21.7 Å². The second-order valence-corrected chi connectivity index (χ2v) is 7.45. The lowest BCUT2D eigenvalue weighted by molar-refractivity contribution is 0.102. The summed E-state index contributed by atoms with van der Waals surface area (Å²) in [5.41, 5.74) is 1.52. The van der Waals surface area contributed by atoms with Gasteiger partial charge in [-0.3, -0.25) is 4.79 Å². The Kier molecular flexibility index (Phi) is 4.97. The first-order chi connectivity index (χ1) is 12.8. The number of nitrogens with zero attached hydrogens (tertiary/aromatic N) is 4. The molecule has 0 unspecified atom stereocenters. The van der Waals surface area contributed by atoms with Crippen molar-refractivity contribution in [3.63, 3.8) is 0 Å². The molecule has 0 aliphatic rings. The summed E-state index contributed by atoms with van der Waals surface area (Å²) in [5, 5.41) is 13.5. The molecule has 0 saturated carbocycles. The van der Waals surface area contributed by atoms with E-state index in [1.807, 2.05) is 0 Å². The van der Waals surface area contributed by atoms with Crippen molar-refractivity contribution in [3.05, 3.63) is 59.7 Å². The van der Waals surface area contributed by atoms with Gasteiger partial charge in [0.15, 0.2) is 0 Å². The van der Waals surface area contributed by atoms with Gasteiger partial charge < -0.3 is 5.32 Å². The van der Waals surface area contributed by atoms with Crippen molar-refractivity contribution in [3.8, 4) is 5.69 Å². The summed E-state index contributed by atoms with van der Waals surface area (Å²) in [6.45, 7) is 1.80. The Morgan fingerprint density at radius 3 is 2.59 bits per heavy atom. The molecule has 0 atom stereocenters. The van der Waals surface area contributed by atoms with E-state index in [-0.39, 0.29) is 10.5 Å². The van der Waals surface area contributed by atoms with Crippen molar-refractivity contribution in [2.24, 2.45) is 0 Å². The quantitative estimate of drug-likeness (QED) is 0.677. The Balaban J connectivity index is 1.88. The largest absolute Gasteiger partial charge is 0.322 e. The van der Waals surface area contributed by atoms with Gasteiger partial charge in [0.05, 0.1) is 16.1 Å². The van der Waals surface area contributed by atoms with Crippen LogP contribution in [0.25, 0.3) is 5.69 Å². The van der Waals surface area contributed by atoms with Gasteiger partial charge in [0.2, 0.25) is 10.0 Å². The standard InChI is InChI=1S/C16H15FN6O3S/c1-10-7-11(3-6-15(10)23-9-19-21-22-23)20-16(24)13-8-12(4-5-14(13)17)27(25,26)18-2/h3-9,18H,1-2H3,(H,20,24). The van der Waals surface area contributed by atoms with E-state index in [0.717, 1.165) is 23.8 Å². The summed E-state index contributed by atoms with van der Waals surface area (Å²) in [4.78, 5) is 12.2. The van der Waals surface area contributed by atoms with Crippen molar-refractivity contribution in [2.45, 2.75) is 11.8 Å².